The number of halogens is 1. The van der Waals surface area contributed by atoms with Gasteiger partial charge in [-0.1, -0.05) is 17.7 Å². The van der Waals surface area contributed by atoms with Crippen LogP contribution in [0.5, 0.6) is 0 Å². The molecule has 0 spiro atoms. The SMILES string of the molecule is Cc1ccc(Cl)cc1NCc1nccs1. The number of nitrogens with zero attached hydrogens (tertiary/aromatic N) is 1. The Balaban J connectivity index is 2.07. The van der Waals surface area contributed by atoms with Crippen molar-refractivity contribution in [3.63, 3.8) is 0 Å². The van der Waals surface area contributed by atoms with Crippen molar-refractivity contribution in [2.45, 2.75) is 13.5 Å². The summed E-state index contributed by atoms with van der Waals surface area (Å²) in [5.41, 5.74) is 2.26. The second kappa shape index (κ2) is 4.64. The van der Waals surface area contributed by atoms with Crippen LogP contribution in [-0.4, -0.2) is 4.98 Å². The summed E-state index contributed by atoms with van der Waals surface area (Å²) in [7, 11) is 0. The highest BCUT2D eigenvalue weighted by Gasteiger charge is 2.00. The summed E-state index contributed by atoms with van der Waals surface area (Å²) in [5.74, 6) is 0. The maximum atomic E-state index is 5.92. The zero-order chi connectivity index (χ0) is 10.7. The first-order chi connectivity index (χ1) is 7.25. The van der Waals surface area contributed by atoms with E-state index in [2.05, 4.69) is 17.2 Å². The Morgan fingerprint density at radius 1 is 1.47 bits per heavy atom. The predicted octanol–water partition coefficient (Wildman–Crippen LogP) is 3.72. The van der Waals surface area contributed by atoms with Gasteiger partial charge < -0.3 is 5.32 Å². The van der Waals surface area contributed by atoms with Gasteiger partial charge in [0.05, 0.1) is 6.54 Å². The number of hydrogen-bond acceptors (Lipinski definition) is 3. The molecule has 4 heteroatoms. The molecule has 1 aromatic carbocycles. The molecule has 1 aromatic heterocycles. The number of rotatable bonds is 3. The standard InChI is InChI=1S/C11H11ClN2S/c1-8-2-3-9(12)6-10(8)14-7-11-13-4-5-15-11/h2-6,14H,7H2,1H3. The Kier molecular flexibility index (Phi) is 3.23. The van der Waals surface area contributed by atoms with Crippen LogP contribution in [0.15, 0.2) is 29.8 Å². The summed E-state index contributed by atoms with van der Waals surface area (Å²) in [6.07, 6.45) is 1.81. The summed E-state index contributed by atoms with van der Waals surface area (Å²) >= 11 is 7.57. The van der Waals surface area contributed by atoms with Crippen LogP contribution < -0.4 is 5.32 Å². The van der Waals surface area contributed by atoms with Crippen molar-refractivity contribution in [3.8, 4) is 0 Å². The van der Waals surface area contributed by atoms with Crippen molar-refractivity contribution in [1.29, 1.82) is 0 Å². The summed E-state index contributed by atoms with van der Waals surface area (Å²) in [5, 5.41) is 7.12. The second-order valence-corrected chi connectivity index (χ2v) is 4.65. The summed E-state index contributed by atoms with van der Waals surface area (Å²) < 4.78 is 0. The number of nitrogens with one attached hydrogen (secondary N) is 1. The number of aryl methyl sites for hydroxylation is 1. The smallest absolute Gasteiger partial charge is 0.112 e. The molecule has 0 radical (unpaired) electrons. The monoisotopic (exact) mass is 238 g/mol. The van der Waals surface area contributed by atoms with E-state index in [9.17, 15) is 0 Å². The Hall–Kier alpha value is -1.06. The van der Waals surface area contributed by atoms with E-state index < -0.39 is 0 Å². The molecule has 1 N–H and O–H groups in total. The van der Waals surface area contributed by atoms with Gasteiger partial charge in [-0.25, -0.2) is 4.98 Å². The number of benzene rings is 1. The van der Waals surface area contributed by atoms with Gasteiger partial charge in [-0.2, -0.15) is 0 Å². The lowest BCUT2D eigenvalue weighted by molar-refractivity contribution is 1.10. The van der Waals surface area contributed by atoms with E-state index in [4.69, 9.17) is 11.6 Å². The van der Waals surface area contributed by atoms with Crippen molar-refractivity contribution in [2.24, 2.45) is 0 Å². The Bertz CT molecular complexity index is 440. The van der Waals surface area contributed by atoms with Crippen LogP contribution in [0.4, 0.5) is 5.69 Å². The van der Waals surface area contributed by atoms with E-state index in [-0.39, 0.29) is 0 Å². The number of thiazole rings is 1. The average Bonchev–Trinajstić information content (AvgIpc) is 2.72. The zero-order valence-corrected chi connectivity index (χ0v) is 9.90. The third kappa shape index (κ3) is 2.70. The molecule has 2 nitrogen and oxygen atoms in total. The molecule has 78 valence electrons. The number of anilines is 1. The maximum absolute atomic E-state index is 5.92. The van der Waals surface area contributed by atoms with E-state index in [1.54, 1.807) is 11.3 Å². The largest absolute Gasteiger partial charge is 0.378 e. The van der Waals surface area contributed by atoms with Gasteiger partial charge in [-0.3, -0.25) is 0 Å². The van der Waals surface area contributed by atoms with Gasteiger partial charge in [-0.05, 0) is 24.6 Å². The van der Waals surface area contributed by atoms with Crippen LogP contribution in [0.25, 0.3) is 0 Å². The molecule has 0 aliphatic rings. The van der Waals surface area contributed by atoms with E-state index >= 15 is 0 Å². The molecule has 1 heterocycles. The molecule has 15 heavy (non-hydrogen) atoms. The first kappa shape index (κ1) is 10.5. The normalized spacial score (nSPS) is 10.3. The molecule has 0 saturated heterocycles. The highest BCUT2D eigenvalue weighted by Crippen LogP contribution is 2.20. The Labute approximate surface area is 97.9 Å². The molecule has 0 bridgehead atoms. The molecule has 0 amide bonds. The first-order valence-corrected chi connectivity index (χ1v) is 5.90. The fraction of sp³-hybridized carbons (Fsp3) is 0.182. The predicted molar refractivity (Wildman–Crippen MR) is 65.6 cm³/mol. The Morgan fingerprint density at radius 2 is 2.33 bits per heavy atom. The molecule has 0 aliphatic carbocycles. The summed E-state index contributed by atoms with van der Waals surface area (Å²) in [6.45, 7) is 2.80. The van der Waals surface area contributed by atoms with E-state index in [1.165, 1.54) is 5.56 Å². The van der Waals surface area contributed by atoms with Crippen LogP contribution in [0.3, 0.4) is 0 Å². The third-order valence-corrected chi connectivity index (χ3v) is 3.13. The summed E-state index contributed by atoms with van der Waals surface area (Å²) in [4.78, 5) is 4.21. The van der Waals surface area contributed by atoms with Crippen molar-refractivity contribution in [2.75, 3.05) is 5.32 Å². The lowest BCUT2D eigenvalue weighted by atomic mass is 10.2. The molecule has 0 fully saturated rings. The highest BCUT2D eigenvalue weighted by atomic mass is 35.5. The van der Waals surface area contributed by atoms with Gasteiger partial charge in [0.15, 0.2) is 0 Å². The van der Waals surface area contributed by atoms with Gasteiger partial charge in [0.25, 0.3) is 0 Å². The number of aromatic nitrogens is 1. The minimum atomic E-state index is 0.749. The molecule has 2 aromatic rings. The van der Waals surface area contributed by atoms with Gasteiger partial charge >= 0.3 is 0 Å². The van der Waals surface area contributed by atoms with Gasteiger partial charge in [-0.15, -0.1) is 11.3 Å². The third-order valence-electron chi connectivity index (χ3n) is 2.11. The molecule has 0 atom stereocenters. The van der Waals surface area contributed by atoms with Crippen LogP contribution in [0.1, 0.15) is 10.6 Å². The van der Waals surface area contributed by atoms with Gasteiger partial charge in [0.2, 0.25) is 0 Å². The van der Waals surface area contributed by atoms with Crippen molar-refractivity contribution in [1.82, 2.24) is 4.98 Å². The van der Waals surface area contributed by atoms with Crippen molar-refractivity contribution >= 4 is 28.6 Å². The van der Waals surface area contributed by atoms with Crippen LogP contribution >= 0.6 is 22.9 Å². The molecular formula is C11H11ClN2S. The van der Waals surface area contributed by atoms with Crippen molar-refractivity contribution < 1.29 is 0 Å². The van der Waals surface area contributed by atoms with Gasteiger partial charge in [0, 0.05) is 22.3 Å². The van der Waals surface area contributed by atoms with Crippen LogP contribution in [0.2, 0.25) is 5.02 Å². The number of hydrogen-bond donors (Lipinski definition) is 1. The molecule has 0 aliphatic heterocycles. The fourth-order valence-electron chi connectivity index (χ4n) is 1.30. The Morgan fingerprint density at radius 3 is 3.07 bits per heavy atom. The van der Waals surface area contributed by atoms with Crippen LogP contribution in [-0.2, 0) is 6.54 Å². The fourth-order valence-corrected chi connectivity index (χ4v) is 2.02. The summed E-state index contributed by atoms with van der Waals surface area (Å²) in [6, 6.07) is 5.84. The highest BCUT2D eigenvalue weighted by molar-refractivity contribution is 7.09. The topological polar surface area (TPSA) is 24.9 Å². The van der Waals surface area contributed by atoms with E-state index in [1.807, 2.05) is 29.8 Å². The minimum Gasteiger partial charge on any atom is -0.378 e. The average molecular weight is 239 g/mol. The lowest BCUT2D eigenvalue weighted by Gasteiger charge is -2.08. The molecule has 0 unspecified atom stereocenters. The van der Waals surface area contributed by atoms with E-state index in [0.717, 1.165) is 22.3 Å². The zero-order valence-electron chi connectivity index (χ0n) is 8.33. The lowest BCUT2D eigenvalue weighted by Crippen LogP contribution is -2.00. The minimum absolute atomic E-state index is 0.749. The van der Waals surface area contributed by atoms with Crippen LogP contribution in [0, 0.1) is 6.92 Å². The maximum Gasteiger partial charge on any atom is 0.112 e. The molecule has 2 rings (SSSR count). The van der Waals surface area contributed by atoms with Crippen molar-refractivity contribution in [3.05, 3.63) is 45.4 Å². The van der Waals surface area contributed by atoms with Gasteiger partial charge in [0.1, 0.15) is 5.01 Å². The molecule has 0 saturated carbocycles. The second-order valence-electron chi connectivity index (χ2n) is 3.24. The molecular weight excluding hydrogens is 228 g/mol. The first-order valence-electron chi connectivity index (χ1n) is 4.64. The quantitative estimate of drug-likeness (QED) is 0.882. The van der Waals surface area contributed by atoms with E-state index in [0.29, 0.717) is 0 Å².